The molecule has 1 nitrogen and oxygen atoms in total. The molecule has 0 aromatic heterocycles. The zero-order chi connectivity index (χ0) is 10.7. The van der Waals surface area contributed by atoms with Crippen LogP contribution in [-0.2, 0) is 6.54 Å². The lowest BCUT2D eigenvalue weighted by Crippen LogP contribution is -1.97. The number of benzene rings is 2. The lowest BCUT2D eigenvalue weighted by atomic mass is 10.0. The molecule has 2 aromatic carbocycles. The number of rotatable bonds is 2. The summed E-state index contributed by atoms with van der Waals surface area (Å²) in [5.41, 5.74) is 7.85. The van der Waals surface area contributed by atoms with E-state index < -0.39 is 0 Å². The third-order valence-electron chi connectivity index (χ3n) is 2.28. The molecule has 2 N–H and O–H groups in total. The summed E-state index contributed by atoms with van der Waals surface area (Å²) in [7, 11) is 0. The van der Waals surface area contributed by atoms with Crippen molar-refractivity contribution < 1.29 is 4.39 Å². The highest BCUT2D eigenvalue weighted by molar-refractivity contribution is 5.64. The van der Waals surface area contributed by atoms with Crippen LogP contribution in [0.4, 0.5) is 4.39 Å². The Labute approximate surface area is 88.4 Å². The predicted molar refractivity (Wildman–Crippen MR) is 58.6 cm³/mol. The maximum absolute atomic E-state index is 13.5. The van der Waals surface area contributed by atoms with Crippen molar-refractivity contribution in [3.63, 3.8) is 0 Å². The first kappa shape index (κ1) is 9.87. The molecule has 0 aliphatic carbocycles. The minimum Gasteiger partial charge on any atom is -0.326 e. The molecule has 0 saturated carbocycles. The SMILES string of the molecule is NCc1ccc(F)c(-c2c[c]ccc2)c1. The zero-order valence-corrected chi connectivity index (χ0v) is 8.20. The van der Waals surface area contributed by atoms with Crippen molar-refractivity contribution in [2.45, 2.75) is 6.54 Å². The van der Waals surface area contributed by atoms with Crippen LogP contribution >= 0.6 is 0 Å². The maximum Gasteiger partial charge on any atom is 0.131 e. The van der Waals surface area contributed by atoms with Gasteiger partial charge in [0.1, 0.15) is 5.82 Å². The molecule has 2 aromatic rings. The van der Waals surface area contributed by atoms with E-state index in [0.29, 0.717) is 12.1 Å². The molecule has 15 heavy (non-hydrogen) atoms. The summed E-state index contributed by atoms with van der Waals surface area (Å²) < 4.78 is 13.5. The fourth-order valence-electron chi connectivity index (χ4n) is 1.48. The second kappa shape index (κ2) is 4.24. The number of nitrogens with two attached hydrogens (primary N) is 1. The first-order valence-corrected chi connectivity index (χ1v) is 4.76. The molecule has 0 spiro atoms. The van der Waals surface area contributed by atoms with E-state index in [4.69, 9.17) is 5.73 Å². The van der Waals surface area contributed by atoms with Crippen LogP contribution in [0.15, 0.2) is 42.5 Å². The Morgan fingerprint density at radius 1 is 1.27 bits per heavy atom. The van der Waals surface area contributed by atoms with Crippen LogP contribution in [0.1, 0.15) is 5.56 Å². The van der Waals surface area contributed by atoms with E-state index in [1.54, 1.807) is 24.3 Å². The Morgan fingerprint density at radius 3 is 2.80 bits per heavy atom. The fraction of sp³-hybridized carbons (Fsp3) is 0.0769. The van der Waals surface area contributed by atoms with Crippen LogP contribution in [0.5, 0.6) is 0 Å². The van der Waals surface area contributed by atoms with E-state index in [2.05, 4.69) is 6.07 Å². The average Bonchev–Trinajstić information content (AvgIpc) is 2.31. The van der Waals surface area contributed by atoms with Crippen LogP contribution < -0.4 is 5.73 Å². The monoisotopic (exact) mass is 200 g/mol. The van der Waals surface area contributed by atoms with E-state index in [9.17, 15) is 4.39 Å². The Balaban J connectivity index is 2.52. The first-order valence-electron chi connectivity index (χ1n) is 4.76. The van der Waals surface area contributed by atoms with Gasteiger partial charge in [0.2, 0.25) is 0 Å². The third kappa shape index (κ3) is 2.05. The quantitative estimate of drug-likeness (QED) is 0.792. The summed E-state index contributed by atoms with van der Waals surface area (Å²) in [5, 5.41) is 0. The third-order valence-corrected chi connectivity index (χ3v) is 2.28. The second-order valence-electron chi connectivity index (χ2n) is 3.31. The molecule has 0 saturated heterocycles. The largest absolute Gasteiger partial charge is 0.326 e. The number of hydrogen-bond donors (Lipinski definition) is 1. The summed E-state index contributed by atoms with van der Waals surface area (Å²) in [6, 6.07) is 15.1. The lowest BCUT2D eigenvalue weighted by Gasteiger charge is -2.05. The molecule has 0 heterocycles. The normalized spacial score (nSPS) is 10.3. The molecule has 0 unspecified atom stereocenters. The van der Waals surface area contributed by atoms with Gasteiger partial charge in [0.05, 0.1) is 0 Å². The predicted octanol–water partition coefficient (Wildman–Crippen LogP) is 2.75. The van der Waals surface area contributed by atoms with Crippen molar-refractivity contribution in [2.24, 2.45) is 5.73 Å². The molecule has 75 valence electrons. The van der Waals surface area contributed by atoms with E-state index in [1.165, 1.54) is 6.07 Å². The molecule has 0 fully saturated rings. The van der Waals surface area contributed by atoms with Gasteiger partial charge in [0.25, 0.3) is 0 Å². The molecular weight excluding hydrogens is 189 g/mol. The van der Waals surface area contributed by atoms with Crippen LogP contribution in [0.3, 0.4) is 0 Å². The van der Waals surface area contributed by atoms with Crippen LogP contribution in [0.25, 0.3) is 11.1 Å². The highest BCUT2D eigenvalue weighted by atomic mass is 19.1. The molecule has 0 aliphatic heterocycles. The Hall–Kier alpha value is -1.67. The van der Waals surface area contributed by atoms with Crippen molar-refractivity contribution in [2.75, 3.05) is 0 Å². The van der Waals surface area contributed by atoms with Gasteiger partial charge in [0, 0.05) is 12.1 Å². The maximum atomic E-state index is 13.5. The molecular formula is C13H11FN. The van der Waals surface area contributed by atoms with E-state index >= 15 is 0 Å². The van der Waals surface area contributed by atoms with Crippen molar-refractivity contribution >= 4 is 0 Å². The first-order chi connectivity index (χ1) is 7.31. The standard InChI is InChI=1S/C13H11FN/c14-13-7-6-10(9-15)8-12(13)11-4-2-1-3-5-11/h1-2,4-8H,9,15H2. The summed E-state index contributed by atoms with van der Waals surface area (Å²) in [6.07, 6.45) is 0. The van der Waals surface area contributed by atoms with Gasteiger partial charge in [-0.2, -0.15) is 0 Å². The fourth-order valence-corrected chi connectivity index (χ4v) is 1.48. The van der Waals surface area contributed by atoms with Gasteiger partial charge in [-0.05, 0) is 35.4 Å². The Bertz CT molecular complexity index is 451. The highest BCUT2D eigenvalue weighted by Gasteiger charge is 2.04. The van der Waals surface area contributed by atoms with Gasteiger partial charge in [-0.3, -0.25) is 0 Å². The Morgan fingerprint density at radius 2 is 2.13 bits per heavy atom. The van der Waals surface area contributed by atoms with Gasteiger partial charge in [0.15, 0.2) is 0 Å². The summed E-state index contributed by atoms with van der Waals surface area (Å²) in [6.45, 7) is 0.420. The van der Waals surface area contributed by atoms with Gasteiger partial charge in [-0.25, -0.2) is 4.39 Å². The van der Waals surface area contributed by atoms with Crippen molar-refractivity contribution in [1.29, 1.82) is 0 Å². The lowest BCUT2D eigenvalue weighted by molar-refractivity contribution is 0.630. The second-order valence-corrected chi connectivity index (χ2v) is 3.31. The minimum absolute atomic E-state index is 0.230. The van der Waals surface area contributed by atoms with E-state index in [0.717, 1.165) is 11.1 Å². The van der Waals surface area contributed by atoms with Gasteiger partial charge in [-0.15, -0.1) is 0 Å². The summed E-state index contributed by atoms with van der Waals surface area (Å²) in [5.74, 6) is -0.230. The average molecular weight is 200 g/mol. The van der Waals surface area contributed by atoms with E-state index in [-0.39, 0.29) is 5.82 Å². The minimum atomic E-state index is -0.230. The van der Waals surface area contributed by atoms with E-state index in [1.807, 2.05) is 12.1 Å². The molecule has 2 heteroatoms. The summed E-state index contributed by atoms with van der Waals surface area (Å²) >= 11 is 0. The van der Waals surface area contributed by atoms with Crippen molar-refractivity contribution in [1.82, 2.24) is 0 Å². The van der Waals surface area contributed by atoms with Crippen molar-refractivity contribution in [3.05, 3.63) is 59.9 Å². The molecule has 0 bridgehead atoms. The molecule has 0 atom stereocenters. The summed E-state index contributed by atoms with van der Waals surface area (Å²) in [4.78, 5) is 0. The van der Waals surface area contributed by atoms with Gasteiger partial charge < -0.3 is 5.73 Å². The Kier molecular flexibility index (Phi) is 2.79. The molecule has 0 aliphatic rings. The molecule has 2 rings (SSSR count). The topological polar surface area (TPSA) is 26.0 Å². The smallest absolute Gasteiger partial charge is 0.131 e. The molecule has 0 amide bonds. The number of halogens is 1. The molecule has 1 radical (unpaired) electrons. The highest BCUT2D eigenvalue weighted by Crippen LogP contribution is 2.23. The van der Waals surface area contributed by atoms with Gasteiger partial charge in [-0.1, -0.05) is 24.3 Å². The van der Waals surface area contributed by atoms with Crippen LogP contribution in [0, 0.1) is 11.9 Å². The van der Waals surface area contributed by atoms with Crippen LogP contribution in [0.2, 0.25) is 0 Å². The van der Waals surface area contributed by atoms with Crippen molar-refractivity contribution in [3.8, 4) is 11.1 Å². The number of hydrogen-bond acceptors (Lipinski definition) is 1. The zero-order valence-electron chi connectivity index (χ0n) is 8.20. The van der Waals surface area contributed by atoms with Gasteiger partial charge >= 0.3 is 0 Å². The van der Waals surface area contributed by atoms with Crippen LogP contribution in [-0.4, -0.2) is 0 Å².